The number of carbonyl (C=O) groups is 2. The van der Waals surface area contributed by atoms with Crippen LogP contribution in [0.1, 0.15) is 28.0 Å². The van der Waals surface area contributed by atoms with E-state index < -0.39 is 0 Å². The Morgan fingerprint density at radius 3 is 2.55 bits per heavy atom. The topological polar surface area (TPSA) is 159 Å². The predicted molar refractivity (Wildman–Crippen MR) is 113 cm³/mol. The lowest BCUT2D eigenvalue weighted by Gasteiger charge is -2.04. The highest BCUT2D eigenvalue weighted by molar-refractivity contribution is 7.19. The van der Waals surface area contributed by atoms with Gasteiger partial charge < -0.3 is 16.5 Å². The van der Waals surface area contributed by atoms with Crippen molar-refractivity contribution in [1.29, 1.82) is 5.41 Å². The molecule has 2 heterocycles. The fourth-order valence-electron chi connectivity index (χ4n) is 2.33. The zero-order valence-corrected chi connectivity index (χ0v) is 17.0. The van der Waals surface area contributed by atoms with Gasteiger partial charge in [-0.25, -0.2) is 9.97 Å². The molecule has 2 aromatic heterocycles. The first-order valence-electron chi connectivity index (χ1n) is 8.19. The number of nitrogens with one attached hydrogen (secondary N) is 3. The van der Waals surface area contributed by atoms with E-state index >= 15 is 0 Å². The van der Waals surface area contributed by atoms with Crippen molar-refractivity contribution in [2.75, 3.05) is 10.6 Å². The number of nitrogens with zero attached hydrogens (tertiary/aromatic N) is 4. The van der Waals surface area contributed by atoms with Crippen LogP contribution in [0.5, 0.6) is 0 Å². The van der Waals surface area contributed by atoms with Crippen molar-refractivity contribution in [2.45, 2.75) is 13.8 Å². The number of aryl methyl sites for hydroxylation is 1. The minimum atomic E-state index is -0.352. The van der Waals surface area contributed by atoms with Gasteiger partial charge in [-0.3, -0.25) is 15.0 Å². The van der Waals surface area contributed by atoms with E-state index in [4.69, 9.17) is 11.3 Å². The summed E-state index contributed by atoms with van der Waals surface area (Å²) in [5, 5.41) is 22.1. The Hall–Kier alpha value is -3.51. The third-order valence-electron chi connectivity index (χ3n) is 3.58. The third kappa shape index (κ3) is 4.86. The van der Waals surface area contributed by atoms with E-state index in [0.29, 0.717) is 27.1 Å². The summed E-state index contributed by atoms with van der Waals surface area (Å²) in [5.74, 6) is 4.31. The predicted octanol–water partition coefficient (Wildman–Crippen LogP) is 3.44. The number of amidine groups is 1. The Morgan fingerprint density at radius 1 is 1.17 bits per heavy atom. The Morgan fingerprint density at radius 2 is 1.90 bits per heavy atom. The monoisotopic (exact) mass is 428 g/mol. The number of hydrogen-bond donors (Lipinski definition) is 4. The van der Waals surface area contributed by atoms with Gasteiger partial charge in [0.05, 0.1) is 16.3 Å². The highest BCUT2D eigenvalue weighted by atomic mass is 32.1. The van der Waals surface area contributed by atoms with Gasteiger partial charge in [0.2, 0.25) is 5.91 Å². The third-order valence-corrected chi connectivity index (χ3v) is 5.52. The van der Waals surface area contributed by atoms with Crippen molar-refractivity contribution in [1.82, 2.24) is 9.97 Å². The van der Waals surface area contributed by atoms with Gasteiger partial charge >= 0.3 is 0 Å². The minimum Gasteiger partial charge on any atom is -0.320 e. The molecule has 12 heteroatoms. The summed E-state index contributed by atoms with van der Waals surface area (Å²) < 4.78 is 0. The maximum atomic E-state index is 12.5. The van der Waals surface area contributed by atoms with Gasteiger partial charge in [0, 0.05) is 23.6 Å². The first-order chi connectivity index (χ1) is 13.9. The van der Waals surface area contributed by atoms with Crippen LogP contribution in [0.3, 0.4) is 0 Å². The van der Waals surface area contributed by atoms with Crippen LogP contribution in [0.15, 0.2) is 40.0 Å². The van der Waals surface area contributed by atoms with E-state index in [1.54, 1.807) is 29.6 Å². The van der Waals surface area contributed by atoms with Crippen LogP contribution in [0, 0.1) is 12.3 Å². The van der Waals surface area contributed by atoms with Crippen molar-refractivity contribution in [3.05, 3.63) is 45.9 Å². The van der Waals surface area contributed by atoms with Crippen molar-refractivity contribution in [2.24, 2.45) is 16.2 Å². The molecule has 0 aliphatic carbocycles. The Bertz CT molecular complexity index is 1100. The number of hydrogen-bond acceptors (Lipinski definition) is 8. The summed E-state index contributed by atoms with van der Waals surface area (Å²) in [6.45, 7) is 3.24. The van der Waals surface area contributed by atoms with Crippen molar-refractivity contribution in [3.8, 4) is 10.6 Å². The lowest BCUT2D eigenvalue weighted by atomic mass is 10.2. The average Bonchev–Trinajstić information content (AvgIpc) is 3.28. The quantitative estimate of drug-likeness (QED) is 0.161. The molecular formula is C17H16N8O2S2. The lowest BCUT2D eigenvalue weighted by Crippen LogP contribution is -2.11. The fourth-order valence-corrected chi connectivity index (χ4v) is 4.08. The van der Waals surface area contributed by atoms with Gasteiger partial charge in [-0.15, -0.1) is 16.5 Å². The standard InChI is InChI=1S/C17H16N8O2S2/c1-8-13(29-17(20-8)21-9(2)26)12-7-28-16(23-12)15(27)22-11-5-3-10(4-6-11)14(18)24-25-19/h3-7H,1-2H3,(H,22,27)(H3,18,19,24)(H,20,21,26). The second-order valence-corrected chi connectivity index (χ2v) is 7.61. The smallest absolute Gasteiger partial charge is 0.284 e. The molecule has 10 nitrogen and oxygen atoms in total. The summed E-state index contributed by atoms with van der Waals surface area (Å²) in [4.78, 5) is 33.2. The van der Waals surface area contributed by atoms with Gasteiger partial charge in [0.1, 0.15) is 0 Å². The van der Waals surface area contributed by atoms with E-state index in [1.165, 1.54) is 29.6 Å². The van der Waals surface area contributed by atoms with Crippen molar-refractivity contribution >= 4 is 51.1 Å². The molecule has 3 rings (SSSR count). The second-order valence-electron chi connectivity index (χ2n) is 5.75. The van der Waals surface area contributed by atoms with Crippen LogP contribution in [0.2, 0.25) is 0 Å². The van der Waals surface area contributed by atoms with E-state index in [-0.39, 0.29) is 17.6 Å². The van der Waals surface area contributed by atoms with Gasteiger partial charge in [-0.1, -0.05) is 16.6 Å². The van der Waals surface area contributed by atoms with Gasteiger partial charge in [-0.2, -0.15) is 0 Å². The normalized spacial score (nSPS) is 10.8. The van der Waals surface area contributed by atoms with E-state index in [9.17, 15) is 9.59 Å². The van der Waals surface area contributed by atoms with Crippen LogP contribution >= 0.6 is 22.7 Å². The summed E-state index contributed by atoms with van der Waals surface area (Å²) in [5.41, 5.74) is 2.42. The van der Waals surface area contributed by atoms with Crippen LogP contribution < -0.4 is 16.5 Å². The maximum Gasteiger partial charge on any atom is 0.284 e. The summed E-state index contributed by atoms with van der Waals surface area (Å²) >= 11 is 2.51. The largest absolute Gasteiger partial charge is 0.320 e. The molecule has 29 heavy (non-hydrogen) atoms. The molecule has 0 aliphatic heterocycles. The number of rotatable bonds is 5. The number of anilines is 2. The lowest BCUT2D eigenvalue weighted by molar-refractivity contribution is -0.114. The highest BCUT2D eigenvalue weighted by Gasteiger charge is 2.17. The molecule has 0 unspecified atom stereocenters. The SMILES string of the molecule is CC(=O)Nc1nc(C)c(-c2csc(C(=O)Nc3ccc(C(=N)N=NN)cc3)n2)s1. The molecule has 0 bridgehead atoms. The molecular weight excluding hydrogens is 412 g/mol. The molecule has 1 aromatic carbocycles. The molecule has 0 spiro atoms. The molecule has 148 valence electrons. The van der Waals surface area contributed by atoms with E-state index in [0.717, 1.165) is 10.6 Å². The zero-order chi connectivity index (χ0) is 21.0. The summed E-state index contributed by atoms with van der Waals surface area (Å²) in [6.07, 6.45) is 0. The van der Waals surface area contributed by atoms with E-state index in [1.807, 2.05) is 6.92 Å². The molecule has 0 radical (unpaired) electrons. The van der Waals surface area contributed by atoms with E-state index in [2.05, 4.69) is 30.9 Å². The highest BCUT2D eigenvalue weighted by Crippen LogP contribution is 2.33. The van der Waals surface area contributed by atoms with Crippen LogP contribution in [0.25, 0.3) is 10.6 Å². The minimum absolute atomic E-state index is 0.0755. The molecule has 0 fully saturated rings. The maximum absolute atomic E-state index is 12.5. The molecule has 0 atom stereocenters. The number of thiazole rings is 2. The van der Waals surface area contributed by atoms with Crippen molar-refractivity contribution in [3.63, 3.8) is 0 Å². The first kappa shape index (κ1) is 20.2. The number of aromatic nitrogens is 2. The van der Waals surface area contributed by atoms with Gasteiger partial charge in [0.15, 0.2) is 16.0 Å². The van der Waals surface area contributed by atoms with Crippen LogP contribution in [-0.2, 0) is 4.79 Å². The molecule has 2 amide bonds. The molecule has 0 aliphatic rings. The first-order valence-corrected chi connectivity index (χ1v) is 9.89. The van der Waals surface area contributed by atoms with Crippen LogP contribution in [-0.4, -0.2) is 27.6 Å². The molecule has 0 saturated carbocycles. The molecule has 3 aromatic rings. The Kier molecular flexibility index (Phi) is 6.04. The summed E-state index contributed by atoms with van der Waals surface area (Å²) in [6, 6.07) is 6.55. The van der Waals surface area contributed by atoms with Crippen LogP contribution in [0.4, 0.5) is 10.8 Å². The number of benzene rings is 1. The number of nitrogens with two attached hydrogens (primary N) is 1. The Balaban J connectivity index is 1.72. The second kappa shape index (κ2) is 8.67. The molecule has 0 saturated heterocycles. The fraction of sp³-hybridized carbons (Fsp3) is 0.118. The average molecular weight is 429 g/mol. The number of amides is 2. The van der Waals surface area contributed by atoms with Crippen molar-refractivity contribution < 1.29 is 9.59 Å². The zero-order valence-electron chi connectivity index (χ0n) is 15.4. The van der Waals surface area contributed by atoms with Gasteiger partial charge in [-0.05, 0) is 31.2 Å². The Labute approximate surface area is 173 Å². The molecule has 5 N–H and O–H groups in total. The van der Waals surface area contributed by atoms with Gasteiger partial charge in [0.25, 0.3) is 5.91 Å². The number of carbonyl (C=O) groups excluding carboxylic acids is 2. The summed E-state index contributed by atoms with van der Waals surface area (Å²) in [7, 11) is 0.